The van der Waals surface area contributed by atoms with Gasteiger partial charge in [0.15, 0.2) is 10.8 Å². The minimum absolute atomic E-state index is 0.0294. The molecule has 0 saturated heterocycles. The monoisotopic (exact) mass is 329 g/mol. The van der Waals surface area contributed by atoms with Crippen molar-refractivity contribution >= 4 is 34.2 Å². The topological polar surface area (TPSA) is 91.7 Å². The maximum atomic E-state index is 11.7. The Balaban J connectivity index is 2.22. The predicted molar refractivity (Wildman–Crippen MR) is 90.0 cm³/mol. The van der Waals surface area contributed by atoms with E-state index in [9.17, 15) is 9.59 Å². The summed E-state index contributed by atoms with van der Waals surface area (Å²) in [6.07, 6.45) is 1.47. The number of aromatic nitrogens is 1. The number of thioether (sulfide) groups is 1. The van der Waals surface area contributed by atoms with Crippen LogP contribution in [-0.2, 0) is 4.79 Å². The lowest BCUT2D eigenvalue weighted by Gasteiger charge is -2.06. The highest BCUT2D eigenvalue weighted by atomic mass is 32.2. The zero-order valence-electron chi connectivity index (χ0n) is 12.6. The highest BCUT2D eigenvalue weighted by molar-refractivity contribution is 8.15. The number of carboxylic acids is 1. The van der Waals surface area contributed by atoms with E-state index >= 15 is 0 Å². The van der Waals surface area contributed by atoms with Crippen molar-refractivity contribution < 1.29 is 14.7 Å². The number of nitrogens with zero attached hydrogens (tertiary/aromatic N) is 2. The van der Waals surface area contributed by atoms with Crippen LogP contribution in [0.3, 0.4) is 0 Å². The minimum atomic E-state index is -1.10. The van der Waals surface area contributed by atoms with E-state index in [1.165, 1.54) is 25.3 Å². The molecule has 7 heteroatoms. The smallest absolute Gasteiger partial charge is 0.338 e. The normalized spacial score (nSPS) is 11.1. The molecule has 0 spiro atoms. The van der Waals surface area contributed by atoms with Crippen LogP contribution < -0.4 is 5.43 Å². The van der Waals surface area contributed by atoms with Crippen LogP contribution >= 0.6 is 11.8 Å². The number of anilines is 1. The first kappa shape index (κ1) is 16.7. The van der Waals surface area contributed by atoms with E-state index in [4.69, 9.17) is 5.11 Å². The molecule has 2 N–H and O–H groups in total. The number of Topliss-reactive ketones (excluding diaryl/α,β-unsaturated/α-hetero) is 1. The molecule has 2 rings (SSSR count). The van der Waals surface area contributed by atoms with Gasteiger partial charge in [-0.05, 0) is 43.0 Å². The highest BCUT2D eigenvalue weighted by Crippen LogP contribution is 2.22. The summed E-state index contributed by atoms with van der Waals surface area (Å²) in [5.74, 6) is -1.38. The van der Waals surface area contributed by atoms with Crippen LogP contribution in [0.5, 0.6) is 0 Å². The molecule has 0 radical (unpaired) electrons. The van der Waals surface area contributed by atoms with Gasteiger partial charge in [-0.1, -0.05) is 17.7 Å². The Hall–Kier alpha value is -2.67. The second-order valence-corrected chi connectivity index (χ2v) is 5.69. The van der Waals surface area contributed by atoms with Gasteiger partial charge in [-0.25, -0.2) is 9.78 Å². The Morgan fingerprint density at radius 1 is 1.22 bits per heavy atom. The van der Waals surface area contributed by atoms with Crippen LogP contribution in [0.25, 0.3) is 0 Å². The standard InChI is InChI=1S/C16H15N3O3S/c1-10-5-7-12(8-6-10)18-19-14(11(2)20)23-15-13(16(21)22)4-3-9-17-15/h3-9,18H,1-2H3,(H,21,22). The molecule has 23 heavy (non-hydrogen) atoms. The first-order valence-corrected chi connectivity index (χ1v) is 7.56. The Kier molecular flexibility index (Phi) is 5.48. The molecule has 0 aliphatic heterocycles. The molecule has 0 saturated carbocycles. The maximum Gasteiger partial charge on any atom is 0.338 e. The molecule has 0 aliphatic carbocycles. The van der Waals surface area contributed by atoms with Gasteiger partial charge < -0.3 is 5.11 Å². The van der Waals surface area contributed by atoms with Crippen LogP contribution in [0.4, 0.5) is 5.69 Å². The minimum Gasteiger partial charge on any atom is -0.478 e. The largest absolute Gasteiger partial charge is 0.478 e. The first-order valence-electron chi connectivity index (χ1n) is 6.75. The fraction of sp³-hybridized carbons (Fsp3) is 0.125. The van der Waals surface area contributed by atoms with E-state index in [1.807, 2.05) is 31.2 Å². The summed E-state index contributed by atoms with van der Waals surface area (Å²) in [4.78, 5) is 26.9. The van der Waals surface area contributed by atoms with E-state index in [-0.39, 0.29) is 21.4 Å². The van der Waals surface area contributed by atoms with E-state index in [2.05, 4.69) is 15.5 Å². The van der Waals surface area contributed by atoms with Crippen molar-refractivity contribution in [2.45, 2.75) is 18.9 Å². The van der Waals surface area contributed by atoms with Gasteiger partial charge in [0.25, 0.3) is 0 Å². The lowest BCUT2D eigenvalue weighted by Crippen LogP contribution is -2.10. The molecule has 0 unspecified atom stereocenters. The Morgan fingerprint density at radius 2 is 1.91 bits per heavy atom. The number of hydrogen-bond acceptors (Lipinski definition) is 6. The summed E-state index contributed by atoms with van der Waals surface area (Å²) in [5.41, 5.74) is 4.67. The van der Waals surface area contributed by atoms with Crippen molar-refractivity contribution in [3.05, 3.63) is 53.7 Å². The van der Waals surface area contributed by atoms with Crippen molar-refractivity contribution in [2.75, 3.05) is 5.43 Å². The summed E-state index contributed by atoms with van der Waals surface area (Å²) in [6, 6.07) is 10.5. The average Bonchev–Trinajstić information content (AvgIpc) is 2.53. The number of carbonyl (C=O) groups is 2. The quantitative estimate of drug-likeness (QED) is 0.379. The Bertz CT molecular complexity index is 757. The summed E-state index contributed by atoms with van der Waals surface area (Å²) in [7, 11) is 0. The molecule has 0 amide bonds. The van der Waals surface area contributed by atoms with Gasteiger partial charge in [-0.3, -0.25) is 10.2 Å². The van der Waals surface area contributed by atoms with Crippen LogP contribution in [0, 0.1) is 6.92 Å². The Morgan fingerprint density at radius 3 is 2.52 bits per heavy atom. The number of benzene rings is 1. The lowest BCUT2D eigenvalue weighted by molar-refractivity contribution is -0.110. The molecule has 2 aromatic rings. The van der Waals surface area contributed by atoms with Gasteiger partial charge in [0.2, 0.25) is 0 Å². The molecule has 0 fully saturated rings. The molecule has 118 valence electrons. The predicted octanol–water partition coefficient (Wildman–Crippen LogP) is 3.19. The zero-order valence-corrected chi connectivity index (χ0v) is 13.4. The van der Waals surface area contributed by atoms with Crippen LogP contribution in [0.15, 0.2) is 52.7 Å². The second-order valence-electron chi connectivity index (χ2n) is 4.71. The number of carbonyl (C=O) groups excluding carboxylic acids is 1. The van der Waals surface area contributed by atoms with Crippen LogP contribution in [-0.4, -0.2) is 26.9 Å². The Labute approximate surface area is 137 Å². The van der Waals surface area contributed by atoms with Gasteiger partial charge in [0.1, 0.15) is 5.03 Å². The average molecular weight is 329 g/mol. The van der Waals surface area contributed by atoms with Crippen LogP contribution in [0.1, 0.15) is 22.8 Å². The lowest BCUT2D eigenvalue weighted by atomic mass is 10.2. The summed E-state index contributed by atoms with van der Waals surface area (Å²) >= 11 is 0.920. The number of carboxylic acid groups (broad SMARTS) is 1. The van der Waals surface area contributed by atoms with Gasteiger partial charge in [-0.2, -0.15) is 5.10 Å². The second kappa shape index (κ2) is 7.55. The number of aromatic carboxylic acids is 1. The number of pyridine rings is 1. The van der Waals surface area contributed by atoms with Gasteiger partial charge in [0, 0.05) is 13.1 Å². The van der Waals surface area contributed by atoms with E-state index in [1.54, 1.807) is 0 Å². The SMILES string of the molecule is CC(=O)C(=NNc1ccc(C)cc1)Sc1ncccc1C(=O)O. The molecule has 1 aromatic carbocycles. The van der Waals surface area contributed by atoms with Gasteiger partial charge >= 0.3 is 5.97 Å². The molecule has 1 aromatic heterocycles. The third-order valence-electron chi connectivity index (χ3n) is 2.83. The first-order chi connectivity index (χ1) is 11.0. The number of rotatable bonds is 5. The zero-order chi connectivity index (χ0) is 16.8. The molecular formula is C16H15N3O3S. The number of hydrogen-bond donors (Lipinski definition) is 2. The summed E-state index contributed by atoms with van der Waals surface area (Å²) in [5, 5.41) is 13.6. The molecule has 0 bridgehead atoms. The molecule has 6 nitrogen and oxygen atoms in total. The fourth-order valence-electron chi connectivity index (χ4n) is 1.64. The number of aryl methyl sites for hydroxylation is 1. The third-order valence-corrected chi connectivity index (χ3v) is 3.92. The van der Waals surface area contributed by atoms with E-state index in [0.29, 0.717) is 0 Å². The fourth-order valence-corrected chi connectivity index (χ4v) is 2.44. The van der Waals surface area contributed by atoms with Gasteiger partial charge in [0.05, 0.1) is 11.3 Å². The highest BCUT2D eigenvalue weighted by Gasteiger charge is 2.16. The number of nitrogens with one attached hydrogen (secondary N) is 1. The maximum absolute atomic E-state index is 11.7. The van der Waals surface area contributed by atoms with Crippen LogP contribution in [0.2, 0.25) is 0 Å². The van der Waals surface area contributed by atoms with Crippen molar-refractivity contribution in [1.82, 2.24) is 4.98 Å². The molecular weight excluding hydrogens is 314 g/mol. The van der Waals surface area contributed by atoms with Crippen molar-refractivity contribution in [1.29, 1.82) is 0 Å². The molecule has 0 atom stereocenters. The van der Waals surface area contributed by atoms with Crippen molar-refractivity contribution in [2.24, 2.45) is 5.10 Å². The summed E-state index contributed by atoms with van der Waals surface area (Å²) < 4.78 is 0. The van der Waals surface area contributed by atoms with E-state index < -0.39 is 5.97 Å². The summed E-state index contributed by atoms with van der Waals surface area (Å²) in [6.45, 7) is 3.34. The third kappa shape index (κ3) is 4.65. The number of ketones is 1. The van der Waals surface area contributed by atoms with Gasteiger partial charge in [-0.15, -0.1) is 0 Å². The van der Waals surface area contributed by atoms with E-state index in [0.717, 1.165) is 23.0 Å². The number of hydrazone groups is 1. The molecule has 0 aliphatic rings. The van der Waals surface area contributed by atoms with Crippen molar-refractivity contribution in [3.8, 4) is 0 Å². The molecule has 1 heterocycles. The van der Waals surface area contributed by atoms with Crippen molar-refractivity contribution in [3.63, 3.8) is 0 Å².